The zero-order valence-corrected chi connectivity index (χ0v) is 14.8. The summed E-state index contributed by atoms with van der Waals surface area (Å²) in [5, 5.41) is 15.0. The lowest BCUT2D eigenvalue weighted by atomic mass is 10.2. The number of amides is 1. The highest BCUT2D eigenvalue weighted by Gasteiger charge is 2.10. The van der Waals surface area contributed by atoms with Crippen LogP contribution >= 0.6 is 0 Å². The lowest BCUT2D eigenvalue weighted by Gasteiger charge is -2.12. The van der Waals surface area contributed by atoms with E-state index in [0.717, 1.165) is 11.4 Å². The number of aromatic nitrogens is 1. The number of nitrogens with zero attached hydrogens (tertiary/aromatic N) is 2. The fourth-order valence-electron chi connectivity index (χ4n) is 2.48. The number of anilines is 3. The molecule has 0 unspecified atom stereocenters. The van der Waals surface area contributed by atoms with Gasteiger partial charge in [0, 0.05) is 6.20 Å². The van der Waals surface area contributed by atoms with E-state index in [-0.39, 0.29) is 5.91 Å². The van der Waals surface area contributed by atoms with E-state index in [1.165, 1.54) is 6.20 Å². The summed E-state index contributed by atoms with van der Waals surface area (Å²) in [6.07, 6.45) is 1.48. The molecule has 0 atom stereocenters. The average molecular weight is 358 g/mol. The van der Waals surface area contributed by atoms with Crippen LogP contribution in [0, 0.1) is 11.3 Å². The average Bonchev–Trinajstić information content (AvgIpc) is 2.70. The predicted molar refractivity (Wildman–Crippen MR) is 104 cm³/mol. The number of carbonyl (C=O) groups excluding carboxylic acids is 1. The molecule has 1 aromatic heterocycles. The molecule has 0 aliphatic carbocycles. The fourth-order valence-corrected chi connectivity index (χ4v) is 2.48. The van der Waals surface area contributed by atoms with Gasteiger partial charge in [0.15, 0.2) is 0 Å². The SMILES string of the molecule is CCOc1ccccc1Nc1ccc(C(=O)Nc2ccccc2C#N)cn1. The number of rotatable bonds is 6. The van der Waals surface area contributed by atoms with Crippen LogP contribution < -0.4 is 15.4 Å². The minimum absolute atomic E-state index is 0.327. The molecule has 0 bridgehead atoms. The van der Waals surface area contributed by atoms with Crippen molar-refractivity contribution in [1.82, 2.24) is 4.98 Å². The number of pyridine rings is 1. The molecule has 3 rings (SSSR count). The summed E-state index contributed by atoms with van der Waals surface area (Å²) in [6, 6.07) is 19.9. The van der Waals surface area contributed by atoms with E-state index in [1.807, 2.05) is 31.2 Å². The van der Waals surface area contributed by atoms with Crippen LogP contribution in [-0.2, 0) is 0 Å². The predicted octanol–water partition coefficient (Wildman–Crippen LogP) is 4.35. The fraction of sp³-hybridized carbons (Fsp3) is 0.0952. The highest BCUT2D eigenvalue weighted by atomic mass is 16.5. The number of benzene rings is 2. The topological polar surface area (TPSA) is 87.0 Å². The van der Waals surface area contributed by atoms with Gasteiger partial charge in [-0.3, -0.25) is 4.79 Å². The first-order chi connectivity index (χ1) is 13.2. The molecule has 0 radical (unpaired) electrons. The molecule has 2 N–H and O–H groups in total. The molecule has 27 heavy (non-hydrogen) atoms. The van der Waals surface area contributed by atoms with E-state index in [2.05, 4.69) is 21.7 Å². The lowest BCUT2D eigenvalue weighted by molar-refractivity contribution is 0.102. The largest absolute Gasteiger partial charge is 0.492 e. The number of nitriles is 1. The van der Waals surface area contributed by atoms with Gasteiger partial charge >= 0.3 is 0 Å². The molecule has 0 aliphatic heterocycles. The van der Waals surface area contributed by atoms with Crippen molar-refractivity contribution in [2.45, 2.75) is 6.92 Å². The molecule has 0 saturated carbocycles. The maximum absolute atomic E-state index is 12.4. The number of nitrogens with one attached hydrogen (secondary N) is 2. The third-order valence-electron chi connectivity index (χ3n) is 3.77. The minimum Gasteiger partial charge on any atom is -0.492 e. The Morgan fingerprint density at radius 2 is 1.81 bits per heavy atom. The van der Waals surface area contributed by atoms with Crippen molar-refractivity contribution in [3.63, 3.8) is 0 Å². The van der Waals surface area contributed by atoms with E-state index >= 15 is 0 Å². The van der Waals surface area contributed by atoms with Crippen LogP contribution in [0.25, 0.3) is 0 Å². The zero-order chi connectivity index (χ0) is 19.1. The van der Waals surface area contributed by atoms with Gasteiger partial charge in [0.05, 0.1) is 29.1 Å². The molecule has 6 heteroatoms. The Hall–Kier alpha value is -3.85. The van der Waals surface area contributed by atoms with Gasteiger partial charge in [-0.15, -0.1) is 0 Å². The van der Waals surface area contributed by atoms with Gasteiger partial charge in [0.2, 0.25) is 0 Å². The number of hydrogen-bond donors (Lipinski definition) is 2. The van der Waals surface area contributed by atoms with Crippen molar-refractivity contribution in [2.75, 3.05) is 17.2 Å². The van der Waals surface area contributed by atoms with Gasteiger partial charge in [0.1, 0.15) is 17.6 Å². The summed E-state index contributed by atoms with van der Waals surface area (Å²) in [7, 11) is 0. The maximum Gasteiger partial charge on any atom is 0.257 e. The second-order valence-electron chi connectivity index (χ2n) is 5.60. The van der Waals surface area contributed by atoms with Gasteiger partial charge in [-0.05, 0) is 43.3 Å². The highest BCUT2D eigenvalue weighted by molar-refractivity contribution is 6.04. The van der Waals surface area contributed by atoms with Gasteiger partial charge < -0.3 is 15.4 Å². The van der Waals surface area contributed by atoms with Crippen LogP contribution in [0.15, 0.2) is 66.9 Å². The summed E-state index contributed by atoms with van der Waals surface area (Å²) in [4.78, 5) is 16.7. The second-order valence-corrected chi connectivity index (χ2v) is 5.60. The Morgan fingerprint density at radius 3 is 2.52 bits per heavy atom. The van der Waals surface area contributed by atoms with E-state index < -0.39 is 0 Å². The van der Waals surface area contributed by atoms with Gasteiger partial charge in [-0.2, -0.15) is 5.26 Å². The van der Waals surface area contributed by atoms with Crippen molar-refractivity contribution in [1.29, 1.82) is 5.26 Å². The van der Waals surface area contributed by atoms with Crippen LogP contribution in [0.2, 0.25) is 0 Å². The first-order valence-corrected chi connectivity index (χ1v) is 8.46. The van der Waals surface area contributed by atoms with Crippen molar-refractivity contribution in [3.8, 4) is 11.8 Å². The van der Waals surface area contributed by atoms with E-state index in [0.29, 0.717) is 29.2 Å². The Kier molecular flexibility index (Phi) is 5.65. The highest BCUT2D eigenvalue weighted by Crippen LogP contribution is 2.26. The summed E-state index contributed by atoms with van der Waals surface area (Å²) in [5.41, 5.74) is 2.07. The van der Waals surface area contributed by atoms with E-state index in [1.54, 1.807) is 36.4 Å². The van der Waals surface area contributed by atoms with Crippen molar-refractivity contribution >= 4 is 23.1 Å². The lowest BCUT2D eigenvalue weighted by Crippen LogP contribution is -2.13. The van der Waals surface area contributed by atoms with Crippen molar-refractivity contribution in [2.24, 2.45) is 0 Å². The molecule has 0 aliphatic rings. The number of hydrogen-bond acceptors (Lipinski definition) is 5. The second kappa shape index (κ2) is 8.50. The van der Waals surface area contributed by atoms with E-state index in [9.17, 15) is 4.79 Å². The standard InChI is InChI=1S/C21H18N4O2/c1-2-27-19-10-6-5-9-18(19)24-20-12-11-16(14-23-20)21(26)25-17-8-4-3-7-15(17)13-22/h3-12,14H,2H2,1H3,(H,23,24)(H,25,26). The summed E-state index contributed by atoms with van der Waals surface area (Å²) in [5.74, 6) is 0.999. The van der Waals surface area contributed by atoms with E-state index in [4.69, 9.17) is 10.00 Å². The third kappa shape index (κ3) is 4.41. The number of para-hydroxylation sites is 3. The molecule has 2 aromatic carbocycles. The van der Waals surface area contributed by atoms with Gasteiger partial charge in [-0.25, -0.2) is 4.98 Å². The van der Waals surface area contributed by atoms with Crippen LogP contribution in [-0.4, -0.2) is 17.5 Å². The Balaban J connectivity index is 1.72. The Morgan fingerprint density at radius 1 is 1.07 bits per heavy atom. The quantitative estimate of drug-likeness (QED) is 0.684. The van der Waals surface area contributed by atoms with Crippen molar-refractivity contribution < 1.29 is 9.53 Å². The molecule has 0 spiro atoms. The normalized spacial score (nSPS) is 9.93. The Bertz CT molecular complexity index is 978. The van der Waals surface area contributed by atoms with Crippen molar-refractivity contribution in [3.05, 3.63) is 78.0 Å². The van der Waals surface area contributed by atoms with Gasteiger partial charge in [-0.1, -0.05) is 24.3 Å². The zero-order valence-electron chi connectivity index (χ0n) is 14.8. The first kappa shape index (κ1) is 18.0. The molecule has 134 valence electrons. The number of carbonyl (C=O) groups is 1. The summed E-state index contributed by atoms with van der Waals surface area (Å²) in [6.45, 7) is 2.49. The molecule has 0 fully saturated rings. The van der Waals surface area contributed by atoms with Crippen LogP contribution in [0.5, 0.6) is 5.75 Å². The van der Waals surface area contributed by atoms with Crippen LogP contribution in [0.3, 0.4) is 0 Å². The third-order valence-corrected chi connectivity index (χ3v) is 3.77. The molecular weight excluding hydrogens is 340 g/mol. The Labute approximate surface area is 157 Å². The first-order valence-electron chi connectivity index (χ1n) is 8.46. The molecular formula is C21H18N4O2. The number of ether oxygens (including phenoxy) is 1. The van der Waals surface area contributed by atoms with Gasteiger partial charge in [0.25, 0.3) is 5.91 Å². The minimum atomic E-state index is -0.327. The smallest absolute Gasteiger partial charge is 0.257 e. The van der Waals surface area contributed by atoms with Crippen LogP contribution in [0.1, 0.15) is 22.8 Å². The monoisotopic (exact) mass is 358 g/mol. The molecule has 3 aromatic rings. The molecule has 6 nitrogen and oxygen atoms in total. The summed E-state index contributed by atoms with van der Waals surface area (Å²) < 4.78 is 5.58. The summed E-state index contributed by atoms with van der Waals surface area (Å²) >= 11 is 0. The molecule has 1 amide bonds. The maximum atomic E-state index is 12.4. The van der Waals surface area contributed by atoms with Crippen LogP contribution in [0.4, 0.5) is 17.2 Å². The molecule has 1 heterocycles. The molecule has 0 saturated heterocycles.